The van der Waals surface area contributed by atoms with Gasteiger partial charge in [-0.05, 0) is 47.5 Å². The molecule has 3 aromatic carbocycles. The van der Waals surface area contributed by atoms with Crippen molar-refractivity contribution in [2.24, 2.45) is 0 Å². The molecule has 0 bridgehead atoms. The maximum atomic E-state index is 12.8. The molecule has 0 atom stereocenters. The fourth-order valence-electron chi connectivity index (χ4n) is 3.25. The molecule has 0 aliphatic heterocycles. The van der Waals surface area contributed by atoms with E-state index in [9.17, 15) is 8.42 Å². The van der Waals surface area contributed by atoms with Gasteiger partial charge >= 0.3 is 0 Å². The maximum Gasteiger partial charge on any atom is 0.262 e. The molecule has 0 aliphatic rings. The van der Waals surface area contributed by atoms with Crippen LogP contribution in [0.15, 0.2) is 59.5 Å². The Balaban J connectivity index is 1.77. The second-order valence-electron chi connectivity index (χ2n) is 7.04. The Morgan fingerprint density at radius 3 is 1.71 bits per heavy atom. The number of sulfonamides is 1. The van der Waals surface area contributed by atoms with Gasteiger partial charge in [-0.3, -0.25) is 4.72 Å². The summed E-state index contributed by atoms with van der Waals surface area (Å²) < 4.78 is 54.6. The van der Waals surface area contributed by atoms with Crippen LogP contribution in [-0.4, -0.2) is 44.0 Å². The van der Waals surface area contributed by atoms with Crippen molar-refractivity contribution in [3.63, 3.8) is 0 Å². The third-order valence-corrected chi connectivity index (χ3v) is 6.36. The Bertz CT molecular complexity index is 1240. The molecule has 0 radical (unpaired) electrons. The lowest BCUT2D eigenvalue weighted by Gasteiger charge is -2.13. The first-order valence-corrected chi connectivity index (χ1v) is 11.7. The van der Waals surface area contributed by atoms with Crippen molar-refractivity contribution in [3.8, 4) is 28.7 Å². The molecule has 0 aromatic heterocycles. The molecule has 0 saturated carbocycles. The summed E-state index contributed by atoms with van der Waals surface area (Å²) in [5, 5.41) is 0. The number of hydrogen-bond acceptors (Lipinski definition) is 7. The van der Waals surface area contributed by atoms with Crippen LogP contribution in [0.5, 0.6) is 28.7 Å². The average Bonchev–Trinajstić information content (AvgIpc) is 2.86. The quantitative estimate of drug-likeness (QED) is 0.416. The molecule has 0 unspecified atom stereocenters. The topological polar surface area (TPSA) is 92.3 Å². The van der Waals surface area contributed by atoms with Crippen LogP contribution < -0.4 is 28.4 Å². The molecule has 0 fully saturated rings. The van der Waals surface area contributed by atoms with Crippen LogP contribution in [0.1, 0.15) is 11.1 Å². The molecule has 9 heteroatoms. The number of hydrogen-bond donors (Lipinski definition) is 1. The molecule has 0 aliphatic carbocycles. The Morgan fingerprint density at radius 2 is 1.18 bits per heavy atom. The van der Waals surface area contributed by atoms with Crippen molar-refractivity contribution in [1.82, 2.24) is 0 Å². The van der Waals surface area contributed by atoms with Gasteiger partial charge in [0.15, 0.2) is 23.0 Å². The summed E-state index contributed by atoms with van der Waals surface area (Å²) in [6.07, 6.45) is 3.79. The average molecular weight is 486 g/mol. The summed E-state index contributed by atoms with van der Waals surface area (Å²) in [4.78, 5) is 0.0662. The van der Waals surface area contributed by atoms with Crippen LogP contribution >= 0.6 is 0 Å². The SMILES string of the molecule is COc1ccc(S(=O)(=O)Nc2ccc(/C=C\c3cc(OC)c(OC)c(OC)c3)cc2)cc1OC. The molecule has 0 saturated heterocycles. The van der Waals surface area contributed by atoms with Crippen LogP contribution in [0.4, 0.5) is 5.69 Å². The summed E-state index contributed by atoms with van der Waals surface area (Å²) >= 11 is 0. The lowest BCUT2D eigenvalue weighted by Crippen LogP contribution is -2.13. The van der Waals surface area contributed by atoms with Gasteiger partial charge in [-0.15, -0.1) is 0 Å². The molecule has 0 amide bonds. The zero-order chi connectivity index (χ0) is 24.7. The van der Waals surface area contributed by atoms with E-state index in [1.165, 1.54) is 26.4 Å². The number of benzene rings is 3. The zero-order valence-electron chi connectivity index (χ0n) is 19.6. The van der Waals surface area contributed by atoms with Gasteiger partial charge in [0.25, 0.3) is 10.0 Å². The van der Waals surface area contributed by atoms with Crippen molar-refractivity contribution in [3.05, 3.63) is 65.7 Å². The van der Waals surface area contributed by atoms with Crippen molar-refractivity contribution in [2.75, 3.05) is 40.3 Å². The minimum Gasteiger partial charge on any atom is -0.493 e. The van der Waals surface area contributed by atoms with E-state index in [-0.39, 0.29) is 4.90 Å². The summed E-state index contributed by atoms with van der Waals surface area (Å²) in [6.45, 7) is 0. The molecule has 0 spiro atoms. The van der Waals surface area contributed by atoms with E-state index in [1.54, 1.807) is 51.7 Å². The second kappa shape index (κ2) is 10.8. The smallest absolute Gasteiger partial charge is 0.262 e. The third kappa shape index (κ3) is 5.55. The van der Waals surface area contributed by atoms with Gasteiger partial charge in [0, 0.05) is 11.8 Å². The van der Waals surface area contributed by atoms with E-state index in [4.69, 9.17) is 23.7 Å². The standard InChI is InChI=1S/C25H27NO7S/c1-29-21-13-12-20(16-22(21)30-2)34(27,28)26-19-10-8-17(9-11-19)6-7-18-14-23(31-3)25(33-5)24(15-18)32-4/h6-16,26H,1-5H3/b7-6-. The highest BCUT2D eigenvalue weighted by atomic mass is 32.2. The van der Waals surface area contributed by atoms with E-state index in [0.29, 0.717) is 34.4 Å². The largest absolute Gasteiger partial charge is 0.493 e. The number of methoxy groups -OCH3 is 5. The van der Waals surface area contributed by atoms with Crippen molar-refractivity contribution in [1.29, 1.82) is 0 Å². The maximum absolute atomic E-state index is 12.8. The number of anilines is 1. The van der Waals surface area contributed by atoms with Crippen LogP contribution in [-0.2, 0) is 10.0 Å². The first kappa shape index (κ1) is 24.8. The number of rotatable bonds is 10. The van der Waals surface area contributed by atoms with E-state index in [0.717, 1.165) is 11.1 Å². The highest BCUT2D eigenvalue weighted by Crippen LogP contribution is 2.38. The lowest BCUT2D eigenvalue weighted by molar-refractivity contribution is 0.324. The molecular weight excluding hydrogens is 458 g/mol. The molecular formula is C25H27NO7S. The van der Waals surface area contributed by atoms with Crippen LogP contribution in [0.2, 0.25) is 0 Å². The van der Waals surface area contributed by atoms with Gasteiger partial charge < -0.3 is 23.7 Å². The molecule has 0 heterocycles. The molecule has 34 heavy (non-hydrogen) atoms. The van der Waals surface area contributed by atoms with Crippen molar-refractivity contribution >= 4 is 27.9 Å². The summed E-state index contributed by atoms with van der Waals surface area (Å²) in [5.41, 5.74) is 2.16. The second-order valence-corrected chi connectivity index (χ2v) is 8.72. The predicted molar refractivity (Wildman–Crippen MR) is 132 cm³/mol. The lowest BCUT2D eigenvalue weighted by atomic mass is 10.1. The van der Waals surface area contributed by atoms with Gasteiger partial charge in [-0.25, -0.2) is 8.42 Å². The van der Waals surface area contributed by atoms with Gasteiger partial charge in [0.2, 0.25) is 5.75 Å². The number of ether oxygens (including phenoxy) is 5. The van der Waals surface area contributed by atoms with Crippen molar-refractivity contribution in [2.45, 2.75) is 4.90 Å². The Hall–Kier alpha value is -3.85. The minimum absolute atomic E-state index is 0.0662. The van der Waals surface area contributed by atoms with E-state index < -0.39 is 10.0 Å². The fourth-order valence-corrected chi connectivity index (χ4v) is 4.32. The van der Waals surface area contributed by atoms with E-state index in [1.807, 2.05) is 24.3 Å². The summed E-state index contributed by atoms with van der Waals surface area (Å²) in [6, 6.07) is 15.1. The summed E-state index contributed by atoms with van der Waals surface area (Å²) in [7, 11) is 3.81. The first-order valence-electron chi connectivity index (χ1n) is 10.2. The molecule has 1 N–H and O–H groups in total. The van der Waals surface area contributed by atoms with Gasteiger partial charge in [0.05, 0.1) is 40.4 Å². The predicted octanol–water partition coefficient (Wildman–Crippen LogP) is 4.70. The van der Waals surface area contributed by atoms with Gasteiger partial charge in [-0.1, -0.05) is 24.3 Å². The Morgan fingerprint density at radius 1 is 0.618 bits per heavy atom. The first-order chi connectivity index (χ1) is 16.3. The normalized spacial score (nSPS) is 11.2. The Labute approximate surface area is 199 Å². The van der Waals surface area contributed by atoms with E-state index >= 15 is 0 Å². The van der Waals surface area contributed by atoms with Crippen LogP contribution in [0, 0.1) is 0 Å². The zero-order valence-corrected chi connectivity index (χ0v) is 20.4. The van der Waals surface area contributed by atoms with Crippen molar-refractivity contribution < 1.29 is 32.1 Å². The van der Waals surface area contributed by atoms with Gasteiger partial charge in [-0.2, -0.15) is 0 Å². The molecule has 3 rings (SSSR count). The van der Waals surface area contributed by atoms with Crippen LogP contribution in [0.25, 0.3) is 12.2 Å². The minimum atomic E-state index is -3.80. The van der Waals surface area contributed by atoms with E-state index in [2.05, 4.69) is 4.72 Å². The number of nitrogens with one attached hydrogen (secondary N) is 1. The Kier molecular flexibility index (Phi) is 7.91. The monoisotopic (exact) mass is 485 g/mol. The molecule has 3 aromatic rings. The highest BCUT2D eigenvalue weighted by molar-refractivity contribution is 7.92. The highest BCUT2D eigenvalue weighted by Gasteiger charge is 2.17. The van der Waals surface area contributed by atoms with Crippen LogP contribution in [0.3, 0.4) is 0 Å². The third-order valence-electron chi connectivity index (χ3n) is 4.98. The van der Waals surface area contributed by atoms with Gasteiger partial charge in [0.1, 0.15) is 0 Å². The fraction of sp³-hybridized carbons (Fsp3) is 0.200. The molecule has 8 nitrogen and oxygen atoms in total. The summed E-state index contributed by atoms with van der Waals surface area (Å²) in [5.74, 6) is 2.42. The molecule has 180 valence electrons.